The lowest BCUT2D eigenvalue weighted by Gasteiger charge is -2.39. The normalized spacial score (nSPS) is 19.3. The molecular weight excluding hydrogens is 423 g/mol. The number of benzene rings is 1. The number of piperidine rings is 1. The predicted octanol–water partition coefficient (Wildman–Crippen LogP) is 4.04. The van der Waals surface area contributed by atoms with Gasteiger partial charge >= 0.3 is 6.09 Å². The van der Waals surface area contributed by atoms with Crippen molar-refractivity contribution in [1.82, 2.24) is 20.0 Å². The minimum Gasteiger partial charge on any atom is -0.444 e. The number of nitrogens with zero attached hydrogens (tertiary/aromatic N) is 3. The first kappa shape index (κ1) is 23.1. The third-order valence-corrected chi connectivity index (χ3v) is 5.69. The number of aryl methyl sites for hydroxylation is 2. The lowest BCUT2D eigenvalue weighted by molar-refractivity contribution is 0.0177. The molecule has 31 heavy (non-hydrogen) atoms. The minimum atomic E-state index is -0.609. The summed E-state index contributed by atoms with van der Waals surface area (Å²) in [6.45, 7) is 7.94. The van der Waals surface area contributed by atoms with Gasteiger partial charge in [-0.1, -0.05) is 23.7 Å². The van der Waals surface area contributed by atoms with Crippen LogP contribution in [0.2, 0.25) is 5.15 Å². The van der Waals surface area contributed by atoms with Crippen LogP contribution in [0.4, 0.5) is 9.18 Å². The zero-order valence-corrected chi connectivity index (χ0v) is 19.2. The number of carbonyl (C=O) groups is 2. The number of carbonyl (C=O) groups excluding carboxylic acids is 2. The number of halogens is 2. The molecule has 168 valence electrons. The van der Waals surface area contributed by atoms with Crippen molar-refractivity contribution >= 4 is 23.6 Å². The quantitative estimate of drug-likeness (QED) is 0.765. The number of nitrogens with one attached hydrogen (secondary N) is 1. The van der Waals surface area contributed by atoms with E-state index >= 15 is 0 Å². The molecule has 2 heterocycles. The van der Waals surface area contributed by atoms with E-state index in [1.807, 2.05) is 20.8 Å². The number of rotatable bonds is 3. The molecular formula is C22H28ClFN4O3. The molecule has 7 nitrogen and oxygen atoms in total. The Balaban J connectivity index is 1.84. The van der Waals surface area contributed by atoms with Gasteiger partial charge in [0.05, 0.1) is 11.3 Å². The van der Waals surface area contributed by atoms with Gasteiger partial charge < -0.3 is 15.0 Å². The van der Waals surface area contributed by atoms with Crippen molar-refractivity contribution in [2.45, 2.75) is 51.7 Å². The zero-order chi connectivity index (χ0) is 22.9. The standard InChI is InChI=1S/C22H28ClFN4O3/c1-13-18(19(23)27(5)26-13)20(29)25-17-10-11-28(21(30)31-22(2,3)4)12-16(17)14-6-8-15(24)9-7-14/h6-9,16-17H,10-12H2,1-5H3,(H,25,29). The monoisotopic (exact) mass is 450 g/mol. The summed E-state index contributed by atoms with van der Waals surface area (Å²) in [5, 5.41) is 7.51. The van der Waals surface area contributed by atoms with Crippen molar-refractivity contribution in [3.05, 3.63) is 52.1 Å². The van der Waals surface area contributed by atoms with Crippen LogP contribution >= 0.6 is 11.6 Å². The molecule has 0 spiro atoms. The number of amides is 2. The summed E-state index contributed by atoms with van der Waals surface area (Å²) in [6, 6.07) is 5.85. The molecule has 0 bridgehead atoms. The van der Waals surface area contributed by atoms with Gasteiger partial charge in [0.1, 0.15) is 16.6 Å². The summed E-state index contributed by atoms with van der Waals surface area (Å²) in [4.78, 5) is 27.2. The molecule has 1 aromatic carbocycles. The first-order chi connectivity index (χ1) is 14.5. The summed E-state index contributed by atoms with van der Waals surface area (Å²) in [5.41, 5.74) is 1.09. The second-order valence-corrected chi connectivity index (χ2v) is 9.19. The number of ether oxygens (including phenoxy) is 1. The number of aromatic nitrogens is 2. The maximum absolute atomic E-state index is 13.5. The minimum absolute atomic E-state index is 0.235. The van der Waals surface area contributed by atoms with Crippen molar-refractivity contribution in [1.29, 1.82) is 0 Å². The largest absolute Gasteiger partial charge is 0.444 e. The van der Waals surface area contributed by atoms with Crippen molar-refractivity contribution in [3.63, 3.8) is 0 Å². The Labute approximate surface area is 186 Å². The Bertz CT molecular complexity index is 968. The van der Waals surface area contributed by atoms with E-state index in [9.17, 15) is 14.0 Å². The van der Waals surface area contributed by atoms with Crippen LogP contribution in [0.25, 0.3) is 0 Å². The van der Waals surface area contributed by atoms with Crippen molar-refractivity contribution in [2.75, 3.05) is 13.1 Å². The van der Waals surface area contributed by atoms with E-state index in [1.54, 1.807) is 31.0 Å². The highest BCUT2D eigenvalue weighted by Gasteiger charge is 2.36. The van der Waals surface area contributed by atoms with Crippen LogP contribution in [0.3, 0.4) is 0 Å². The second-order valence-electron chi connectivity index (χ2n) is 8.83. The smallest absolute Gasteiger partial charge is 0.410 e. The number of hydrogen-bond donors (Lipinski definition) is 1. The molecule has 3 rings (SSSR count). The van der Waals surface area contributed by atoms with Crippen LogP contribution in [0.5, 0.6) is 0 Å². The molecule has 1 N–H and O–H groups in total. The molecule has 0 aliphatic carbocycles. The van der Waals surface area contributed by atoms with E-state index in [0.717, 1.165) is 5.56 Å². The van der Waals surface area contributed by atoms with Gasteiger partial charge in [-0.2, -0.15) is 5.10 Å². The molecule has 2 atom stereocenters. The maximum atomic E-state index is 13.5. The van der Waals surface area contributed by atoms with Gasteiger partial charge in [0.25, 0.3) is 5.91 Å². The molecule has 2 amide bonds. The molecule has 1 aliphatic heterocycles. The van der Waals surface area contributed by atoms with E-state index in [-0.39, 0.29) is 28.8 Å². The Morgan fingerprint density at radius 3 is 2.45 bits per heavy atom. The Morgan fingerprint density at radius 2 is 1.90 bits per heavy atom. The average molecular weight is 451 g/mol. The second kappa shape index (κ2) is 8.86. The first-order valence-corrected chi connectivity index (χ1v) is 10.6. The average Bonchev–Trinajstić information content (AvgIpc) is 2.93. The molecule has 2 aromatic rings. The molecule has 1 saturated heterocycles. The van der Waals surface area contributed by atoms with E-state index in [1.165, 1.54) is 16.8 Å². The van der Waals surface area contributed by atoms with Crippen molar-refractivity contribution in [2.24, 2.45) is 7.05 Å². The van der Waals surface area contributed by atoms with Gasteiger partial charge in [-0.15, -0.1) is 0 Å². The van der Waals surface area contributed by atoms with Crippen LogP contribution in [0, 0.1) is 12.7 Å². The Kier molecular flexibility index (Phi) is 6.59. The SMILES string of the molecule is Cc1nn(C)c(Cl)c1C(=O)NC1CCN(C(=O)OC(C)(C)C)CC1c1ccc(F)cc1. The molecule has 1 fully saturated rings. The fraction of sp³-hybridized carbons (Fsp3) is 0.500. The summed E-state index contributed by atoms with van der Waals surface area (Å²) in [7, 11) is 1.67. The maximum Gasteiger partial charge on any atom is 0.410 e. The van der Waals surface area contributed by atoms with Crippen LogP contribution in [-0.2, 0) is 11.8 Å². The molecule has 0 saturated carbocycles. The third kappa shape index (κ3) is 5.36. The first-order valence-electron chi connectivity index (χ1n) is 10.2. The van der Waals surface area contributed by atoms with Crippen LogP contribution in [0.1, 0.15) is 54.7 Å². The van der Waals surface area contributed by atoms with E-state index in [4.69, 9.17) is 16.3 Å². The van der Waals surface area contributed by atoms with Crippen LogP contribution < -0.4 is 5.32 Å². The molecule has 2 unspecified atom stereocenters. The van der Waals surface area contributed by atoms with E-state index in [0.29, 0.717) is 30.8 Å². The van der Waals surface area contributed by atoms with Gasteiger partial charge in [0, 0.05) is 32.1 Å². The third-order valence-electron chi connectivity index (χ3n) is 5.26. The Morgan fingerprint density at radius 1 is 1.26 bits per heavy atom. The van der Waals surface area contributed by atoms with Crippen molar-refractivity contribution in [3.8, 4) is 0 Å². The van der Waals surface area contributed by atoms with Crippen LogP contribution in [0.15, 0.2) is 24.3 Å². The lowest BCUT2D eigenvalue weighted by Crippen LogP contribution is -2.52. The lowest BCUT2D eigenvalue weighted by atomic mass is 9.86. The van der Waals surface area contributed by atoms with Gasteiger partial charge in [0.2, 0.25) is 0 Å². The summed E-state index contributed by atoms with van der Waals surface area (Å²) >= 11 is 6.25. The van der Waals surface area contributed by atoms with Crippen LogP contribution in [-0.4, -0.2) is 51.4 Å². The highest BCUT2D eigenvalue weighted by Crippen LogP contribution is 2.30. The molecule has 9 heteroatoms. The molecule has 1 aliphatic rings. The summed E-state index contributed by atoms with van der Waals surface area (Å²) < 4.78 is 20.5. The Hall–Kier alpha value is -2.61. The fourth-order valence-corrected chi connectivity index (χ4v) is 4.05. The molecule has 1 aromatic heterocycles. The van der Waals surface area contributed by atoms with E-state index in [2.05, 4.69) is 10.4 Å². The highest BCUT2D eigenvalue weighted by atomic mass is 35.5. The summed E-state index contributed by atoms with van der Waals surface area (Å²) in [6.07, 6.45) is 0.111. The topological polar surface area (TPSA) is 76.5 Å². The van der Waals surface area contributed by atoms with E-state index < -0.39 is 11.7 Å². The van der Waals surface area contributed by atoms with Gasteiger partial charge in [-0.3, -0.25) is 9.48 Å². The van der Waals surface area contributed by atoms with Gasteiger partial charge in [-0.05, 0) is 51.8 Å². The summed E-state index contributed by atoms with van der Waals surface area (Å²) in [5.74, 6) is -0.901. The number of likely N-dealkylation sites (tertiary alicyclic amines) is 1. The predicted molar refractivity (Wildman–Crippen MR) is 116 cm³/mol. The number of hydrogen-bond acceptors (Lipinski definition) is 4. The molecule has 0 radical (unpaired) electrons. The van der Waals surface area contributed by atoms with Crippen molar-refractivity contribution < 1.29 is 18.7 Å². The zero-order valence-electron chi connectivity index (χ0n) is 18.4. The van der Waals surface area contributed by atoms with Gasteiger partial charge in [-0.25, -0.2) is 9.18 Å². The van der Waals surface area contributed by atoms with Gasteiger partial charge in [0.15, 0.2) is 0 Å². The fourth-order valence-electron chi connectivity index (χ4n) is 3.79. The highest BCUT2D eigenvalue weighted by molar-refractivity contribution is 6.33.